The summed E-state index contributed by atoms with van der Waals surface area (Å²) in [5.74, 6) is 0.674. The Morgan fingerprint density at radius 2 is 2.04 bits per heavy atom. The summed E-state index contributed by atoms with van der Waals surface area (Å²) in [6.07, 6.45) is 1.78. The van der Waals surface area contributed by atoms with E-state index < -0.39 is 11.2 Å². The average Bonchev–Trinajstić information content (AvgIpc) is 2.99. The third-order valence-corrected chi connectivity index (χ3v) is 5.19. The number of unbranched alkanes of at least 4 members (excludes halogenated alkanes) is 1. The first-order valence-corrected chi connectivity index (χ1v) is 10.0. The molecule has 3 aromatic rings. The molecule has 0 fully saturated rings. The van der Waals surface area contributed by atoms with Crippen LogP contribution in [0.3, 0.4) is 0 Å². The van der Waals surface area contributed by atoms with E-state index in [2.05, 4.69) is 38.1 Å². The number of hydrogen-bond donors (Lipinski definition) is 2. The molecule has 0 unspecified atom stereocenters. The zero-order valence-electron chi connectivity index (χ0n) is 15.2. The third kappa shape index (κ3) is 3.96. The van der Waals surface area contributed by atoms with Crippen molar-refractivity contribution in [2.24, 2.45) is 0 Å². The number of nitrogens with one attached hydrogen (secondary N) is 2. The molecule has 0 amide bonds. The Labute approximate surface area is 169 Å². The van der Waals surface area contributed by atoms with Gasteiger partial charge in [0.05, 0.1) is 17.3 Å². The highest BCUT2D eigenvalue weighted by atomic mass is 79.9. The van der Waals surface area contributed by atoms with Gasteiger partial charge in [-0.3, -0.25) is 14.3 Å². The minimum atomic E-state index is -0.419. The lowest BCUT2D eigenvalue weighted by atomic mass is 10.3. The number of H-pyrrole nitrogens is 1. The highest BCUT2D eigenvalue weighted by Gasteiger charge is 2.17. The van der Waals surface area contributed by atoms with Crippen molar-refractivity contribution >= 4 is 44.4 Å². The molecule has 0 atom stereocenters. The predicted octanol–water partition coefficient (Wildman–Crippen LogP) is 3.73. The van der Waals surface area contributed by atoms with Crippen molar-refractivity contribution in [1.29, 1.82) is 0 Å². The van der Waals surface area contributed by atoms with Crippen LogP contribution in [0.4, 0.5) is 5.69 Å². The number of aromatic nitrogens is 4. The molecule has 2 N–H and O–H groups in total. The maximum atomic E-state index is 12.4. The maximum absolute atomic E-state index is 12.4. The Balaban J connectivity index is 2.03. The number of fused-ring (bicyclic) bond motifs is 1. The number of imidazole rings is 1. The first kappa shape index (κ1) is 19.7. The summed E-state index contributed by atoms with van der Waals surface area (Å²) >= 11 is 9.64. The van der Waals surface area contributed by atoms with Crippen molar-refractivity contribution in [3.8, 4) is 0 Å². The summed E-state index contributed by atoms with van der Waals surface area (Å²) in [6, 6.07) is 5.57. The molecule has 27 heavy (non-hydrogen) atoms. The lowest BCUT2D eigenvalue weighted by Gasteiger charge is -2.10. The molecule has 0 radical (unpaired) electrons. The molecule has 2 aromatic heterocycles. The van der Waals surface area contributed by atoms with E-state index >= 15 is 0 Å². The quantitative estimate of drug-likeness (QED) is 0.569. The van der Waals surface area contributed by atoms with Crippen molar-refractivity contribution in [1.82, 2.24) is 19.1 Å². The van der Waals surface area contributed by atoms with Gasteiger partial charge in [-0.1, -0.05) is 40.9 Å². The van der Waals surface area contributed by atoms with E-state index in [-0.39, 0.29) is 0 Å². The molecular formula is C18H21BrClN5O2. The molecular weight excluding hydrogens is 434 g/mol. The summed E-state index contributed by atoms with van der Waals surface area (Å²) in [5.41, 5.74) is 0.790. The van der Waals surface area contributed by atoms with Gasteiger partial charge in [0.1, 0.15) is 5.82 Å². The molecule has 0 spiro atoms. The van der Waals surface area contributed by atoms with E-state index in [0.29, 0.717) is 41.6 Å². The van der Waals surface area contributed by atoms with E-state index in [0.717, 1.165) is 23.0 Å². The molecule has 144 valence electrons. The van der Waals surface area contributed by atoms with E-state index in [1.165, 1.54) is 0 Å². The summed E-state index contributed by atoms with van der Waals surface area (Å²) in [6.45, 7) is 5.46. The van der Waals surface area contributed by atoms with E-state index in [4.69, 9.17) is 11.6 Å². The molecule has 2 heterocycles. The van der Waals surface area contributed by atoms with Crippen molar-refractivity contribution in [3.63, 3.8) is 0 Å². The molecule has 7 nitrogen and oxygen atoms in total. The zero-order valence-corrected chi connectivity index (χ0v) is 17.5. The predicted molar refractivity (Wildman–Crippen MR) is 112 cm³/mol. The molecule has 0 saturated heterocycles. The second-order valence-corrected chi connectivity index (χ2v) is 7.51. The molecule has 3 rings (SSSR count). The first-order chi connectivity index (χ1) is 13.0. The average molecular weight is 455 g/mol. The van der Waals surface area contributed by atoms with Gasteiger partial charge in [0.2, 0.25) is 0 Å². The van der Waals surface area contributed by atoms with E-state index in [9.17, 15) is 9.59 Å². The summed E-state index contributed by atoms with van der Waals surface area (Å²) in [4.78, 5) is 31.7. The molecule has 0 bridgehead atoms. The fourth-order valence-corrected chi connectivity index (χ4v) is 3.76. The summed E-state index contributed by atoms with van der Waals surface area (Å²) in [7, 11) is 0. The molecule has 9 heteroatoms. The van der Waals surface area contributed by atoms with Gasteiger partial charge in [-0.15, -0.1) is 0 Å². The minimum absolute atomic E-state index is 0.380. The Morgan fingerprint density at radius 1 is 1.26 bits per heavy atom. The summed E-state index contributed by atoms with van der Waals surface area (Å²) < 4.78 is 4.27. The Hall–Kier alpha value is -2.06. The van der Waals surface area contributed by atoms with Gasteiger partial charge in [0, 0.05) is 17.6 Å². The number of halogens is 2. The van der Waals surface area contributed by atoms with Crippen molar-refractivity contribution < 1.29 is 0 Å². The monoisotopic (exact) mass is 453 g/mol. The van der Waals surface area contributed by atoms with Crippen LogP contribution in [0.1, 0.15) is 32.5 Å². The second-order valence-electron chi connectivity index (χ2n) is 6.19. The van der Waals surface area contributed by atoms with Gasteiger partial charge < -0.3 is 9.88 Å². The minimum Gasteiger partial charge on any atom is -0.377 e. The van der Waals surface area contributed by atoms with Crippen molar-refractivity contribution in [3.05, 3.63) is 54.4 Å². The highest BCUT2D eigenvalue weighted by Crippen LogP contribution is 2.26. The van der Waals surface area contributed by atoms with Crippen LogP contribution in [-0.2, 0) is 19.6 Å². The fourth-order valence-electron chi connectivity index (χ4n) is 3.02. The fraction of sp³-hybridized carbons (Fsp3) is 0.389. The van der Waals surface area contributed by atoms with Gasteiger partial charge in [-0.05, 0) is 31.5 Å². The number of hydrogen-bond acceptors (Lipinski definition) is 4. The maximum Gasteiger partial charge on any atom is 0.330 e. The van der Waals surface area contributed by atoms with Gasteiger partial charge >= 0.3 is 5.69 Å². The second kappa shape index (κ2) is 8.31. The van der Waals surface area contributed by atoms with Gasteiger partial charge in [-0.2, -0.15) is 0 Å². The number of anilines is 1. The van der Waals surface area contributed by atoms with Crippen LogP contribution in [0.5, 0.6) is 0 Å². The lowest BCUT2D eigenvalue weighted by Crippen LogP contribution is -2.31. The van der Waals surface area contributed by atoms with Crippen molar-refractivity contribution in [2.75, 3.05) is 5.32 Å². The van der Waals surface area contributed by atoms with Crippen LogP contribution in [0.25, 0.3) is 11.2 Å². The Kier molecular flexibility index (Phi) is 6.06. The lowest BCUT2D eigenvalue weighted by molar-refractivity contribution is 0.613. The van der Waals surface area contributed by atoms with Gasteiger partial charge in [-0.25, -0.2) is 9.78 Å². The first-order valence-electron chi connectivity index (χ1n) is 8.87. The van der Waals surface area contributed by atoms with Crippen LogP contribution < -0.4 is 16.6 Å². The molecule has 0 aliphatic carbocycles. The molecule has 0 saturated carbocycles. The number of rotatable bonds is 7. The molecule has 0 aliphatic heterocycles. The van der Waals surface area contributed by atoms with Crippen LogP contribution in [0.2, 0.25) is 5.02 Å². The molecule has 1 aromatic carbocycles. The van der Waals surface area contributed by atoms with Crippen LogP contribution in [0.15, 0.2) is 32.3 Å². The Bertz CT molecular complexity index is 1090. The smallest absolute Gasteiger partial charge is 0.330 e. The number of aromatic amines is 1. The van der Waals surface area contributed by atoms with Crippen LogP contribution in [0, 0.1) is 0 Å². The highest BCUT2D eigenvalue weighted by molar-refractivity contribution is 9.10. The van der Waals surface area contributed by atoms with Crippen molar-refractivity contribution in [2.45, 2.75) is 46.3 Å². The standard InChI is InChI=1S/C18H21BrClN5O2/c1-3-5-8-25-16-15(17(26)23-18(25)27)24(4-2)14(22-16)10-21-13-7-6-11(19)9-12(13)20/h6-7,9,21H,3-5,8,10H2,1-2H3,(H,23,26,27). The number of aryl methyl sites for hydroxylation is 2. The summed E-state index contributed by atoms with van der Waals surface area (Å²) in [5, 5.41) is 3.84. The number of nitrogens with zero attached hydrogens (tertiary/aromatic N) is 3. The molecule has 0 aliphatic rings. The van der Waals surface area contributed by atoms with Crippen LogP contribution >= 0.6 is 27.5 Å². The van der Waals surface area contributed by atoms with Gasteiger partial charge in [0.15, 0.2) is 11.2 Å². The van der Waals surface area contributed by atoms with Crippen LogP contribution in [-0.4, -0.2) is 19.1 Å². The largest absolute Gasteiger partial charge is 0.377 e. The Morgan fingerprint density at radius 3 is 2.70 bits per heavy atom. The van der Waals surface area contributed by atoms with E-state index in [1.807, 2.05) is 23.6 Å². The van der Waals surface area contributed by atoms with E-state index in [1.54, 1.807) is 10.6 Å². The SMILES string of the molecule is CCCCn1c(=O)[nH]c(=O)c2c1nc(CNc1ccc(Br)cc1Cl)n2CC. The normalized spacial score (nSPS) is 11.3. The number of benzene rings is 1. The topological polar surface area (TPSA) is 84.7 Å². The third-order valence-electron chi connectivity index (χ3n) is 4.38. The zero-order chi connectivity index (χ0) is 19.6. The van der Waals surface area contributed by atoms with Gasteiger partial charge in [0.25, 0.3) is 5.56 Å².